The highest BCUT2D eigenvalue weighted by molar-refractivity contribution is 7.98. The zero-order valence-corrected chi connectivity index (χ0v) is 18.5. The van der Waals surface area contributed by atoms with E-state index in [-0.39, 0.29) is 11.9 Å². The van der Waals surface area contributed by atoms with Gasteiger partial charge in [0.15, 0.2) is 0 Å². The molecular weight excluding hydrogens is 392 g/mol. The summed E-state index contributed by atoms with van der Waals surface area (Å²) in [5, 5.41) is 7.85. The molecule has 1 aliphatic carbocycles. The maximum atomic E-state index is 12.7. The molecule has 2 heterocycles. The van der Waals surface area contributed by atoms with Crippen molar-refractivity contribution in [2.75, 3.05) is 25.9 Å². The molecule has 2 aliphatic rings. The van der Waals surface area contributed by atoms with E-state index in [2.05, 4.69) is 50.8 Å². The summed E-state index contributed by atoms with van der Waals surface area (Å²) in [5.74, 6) is -0.000295. The summed E-state index contributed by atoms with van der Waals surface area (Å²) in [6.07, 6.45) is 9.38. The van der Waals surface area contributed by atoms with Gasteiger partial charge in [-0.3, -0.25) is 4.79 Å². The number of hydrogen-bond acceptors (Lipinski definition) is 5. The van der Waals surface area contributed by atoms with Crippen molar-refractivity contribution < 1.29 is 4.79 Å². The van der Waals surface area contributed by atoms with Crippen LogP contribution in [0, 0.1) is 0 Å². The molecule has 30 heavy (non-hydrogen) atoms. The van der Waals surface area contributed by atoms with E-state index in [1.807, 2.05) is 18.4 Å². The molecule has 6 heteroatoms. The number of thioether (sulfide) groups is 1. The van der Waals surface area contributed by atoms with Crippen LogP contribution in [0.1, 0.15) is 41.6 Å². The van der Waals surface area contributed by atoms with Gasteiger partial charge in [0.1, 0.15) is 5.03 Å². The first-order chi connectivity index (χ1) is 14.7. The van der Waals surface area contributed by atoms with Crippen LogP contribution in [0.4, 0.5) is 0 Å². The molecule has 0 bridgehead atoms. The molecule has 1 aromatic carbocycles. The van der Waals surface area contributed by atoms with Crippen LogP contribution in [0.5, 0.6) is 0 Å². The lowest BCUT2D eigenvalue weighted by molar-refractivity contribution is 0.0875. The summed E-state index contributed by atoms with van der Waals surface area (Å²) in [4.78, 5) is 19.6. The number of aromatic nitrogens is 1. The molecule has 1 saturated carbocycles. The van der Waals surface area contributed by atoms with Crippen LogP contribution in [0.15, 0.2) is 53.7 Å². The predicted molar refractivity (Wildman–Crippen MR) is 123 cm³/mol. The molecule has 2 aromatic rings. The van der Waals surface area contributed by atoms with Crippen molar-refractivity contribution >= 4 is 17.7 Å². The molecule has 1 aromatic heterocycles. The first-order valence-corrected chi connectivity index (χ1v) is 12.3. The van der Waals surface area contributed by atoms with Crippen LogP contribution in [0.25, 0.3) is 0 Å². The average Bonchev–Trinajstić information content (AvgIpc) is 2.80. The molecule has 1 saturated heterocycles. The number of amides is 1. The number of hydrogen-bond donors (Lipinski definition) is 2. The van der Waals surface area contributed by atoms with E-state index in [0.717, 1.165) is 43.9 Å². The van der Waals surface area contributed by atoms with Gasteiger partial charge in [-0.2, -0.15) is 0 Å². The quantitative estimate of drug-likeness (QED) is 0.637. The Hall–Kier alpha value is -1.89. The fourth-order valence-corrected chi connectivity index (χ4v) is 4.95. The van der Waals surface area contributed by atoms with Gasteiger partial charge in [0, 0.05) is 30.9 Å². The molecule has 4 rings (SSSR count). The zero-order valence-electron chi connectivity index (χ0n) is 17.7. The summed E-state index contributed by atoms with van der Waals surface area (Å²) >= 11 is 1.52. The lowest BCUT2D eigenvalue weighted by atomic mass is 9.84. The summed E-state index contributed by atoms with van der Waals surface area (Å²) in [6, 6.07) is 15.6. The van der Waals surface area contributed by atoms with Gasteiger partial charge in [-0.25, -0.2) is 4.98 Å². The number of carbonyl (C=O) groups excluding carboxylic acids is 1. The van der Waals surface area contributed by atoms with Crippen LogP contribution < -0.4 is 10.6 Å². The Morgan fingerprint density at radius 1 is 1.07 bits per heavy atom. The fraction of sp³-hybridized carbons (Fsp3) is 0.500. The Morgan fingerprint density at radius 2 is 1.83 bits per heavy atom. The van der Waals surface area contributed by atoms with Crippen molar-refractivity contribution in [3.05, 3.63) is 59.8 Å². The molecule has 1 amide bonds. The van der Waals surface area contributed by atoms with Crippen molar-refractivity contribution in [1.82, 2.24) is 20.5 Å². The smallest absolute Gasteiger partial charge is 0.254 e. The molecule has 0 radical (unpaired) electrons. The van der Waals surface area contributed by atoms with Crippen molar-refractivity contribution in [1.29, 1.82) is 0 Å². The standard InChI is InChI=1S/C24H32N4OS/c1-30-24-20(8-5-14-25-24)23(29)27-22-10-9-21(22)26-19-12-16-28(17-13-19)15-11-18-6-3-2-4-7-18/h2-8,14,19,21-22,26H,9-13,15-17H2,1H3,(H,27,29)/t21-,22+/m1/s1. The van der Waals surface area contributed by atoms with Gasteiger partial charge in [-0.1, -0.05) is 30.3 Å². The second-order valence-corrected chi connectivity index (χ2v) is 9.14. The second kappa shape index (κ2) is 10.4. The van der Waals surface area contributed by atoms with Crippen LogP contribution in [-0.2, 0) is 6.42 Å². The van der Waals surface area contributed by atoms with E-state index in [1.54, 1.807) is 6.20 Å². The molecule has 0 spiro atoms. The maximum absolute atomic E-state index is 12.7. The molecule has 2 atom stereocenters. The molecular formula is C24H32N4OS. The monoisotopic (exact) mass is 424 g/mol. The van der Waals surface area contributed by atoms with E-state index >= 15 is 0 Å². The average molecular weight is 425 g/mol. The van der Waals surface area contributed by atoms with Gasteiger partial charge in [0.05, 0.1) is 5.56 Å². The van der Waals surface area contributed by atoms with Crippen LogP contribution >= 0.6 is 11.8 Å². The Kier molecular flexibility index (Phi) is 7.42. The molecule has 2 N–H and O–H groups in total. The highest BCUT2D eigenvalue weighted by Gasteiger charge is 2.34. The number of pyridine rings is 1. The highest BCUT2D eigenvalue weighted by Crippen LogP contribution is 2.24. The molecule has 5 nitrogen and oxygen atoms in total. The van der Waals surface area contributed by atoms with Gasteiger partial charge in [0.2, 0.25) is 0 Å². The minimum absolute atomic E-state index is 0.000295. The van der Waals surface area contributed by atoms with Gasteiger partial charge in [-0.15, -0.1) is 11.8 Å². The van der Waals surface area contributed by atoms with E-state index < -0.39 is 0 Å². The van der Waals surface area contributed by atoms with E-state index in [9.17, 15) is 4.79 Å². The fourth-order valence-electron chi connectivity index (χ4n) is 4.40. The van der Waals surface area contributed by atoms with Crippen molar-refractivity contribution in [3.63, 3.8) is 0 Å². The molecule has 2 fully saturated rings. The van der Waals surface area contributed by atoms with Gasteiger partial charge >= 0.3 is 0 Å². The number of nitrogens with one attached hydrogen (secondary N) is 2. The summed E-state index contributed by atoms with van der Waals surface area (Å²) in [5.41, 5.74) is 2.10. The predicted octanol–water partition coefficient (Wildman–Crippen LogP) is 3.36. The summed E-state index contributed by atoms with van der Waals surface area (Å²) < 4.78 is 0. The Labute approximate surface area is 184 Å². The Balaban J connectivity index is 1.20. The number of piperidine rings is 1. The van der Waals surface area contributed by atoms with E-state index in [0.29, 0.717) is 17.6 Å². The maximum Gasteiger partial charge on any atom is 0.254 e. The number of benzene rings is 1. The highest BCUT2D eigenvalue weighted by atomic mass is 32.2. The lowest BCUT2D eigenvalue weighted by Gasteiger charge is -2.42. The first-order valence-electron chi connectivity index (χ1n) is 11.0. The third kappa shape index (κ3) is 5.42. The largest absolute Gasteiger partial charge is 0.348 e. The van der Waals surface area contributed by atoms with Crippen LogP contribution in [0.2, 0.25) is 0 Å². The third-order valence-electron chi connectivity index (χ3n) is 6.40. The summed E-state index contributed by atoms with van der Waals surface area (Å²) in [6.45, 7) is 3.45. The number of rotatable bonds is 8. The van der Waals surface area contributed by atoms with Gasteiger partial charge in [-0.05, 0) is 69.1 Å². The van der Waals surface area contributed by atoms with Crippen LogP contribution in [-0.4, -0.2) is 59.8 Å². The van der Waals surface area contributed by atoms with Gasteiger partial charge < -0.3 is 15.5 Å². The molecule has 1 aliphatic heterocycles. The van der Waals surface area contributed by atoms with Gasteiger partial charge in [0.25, 0.3) is 5.91 Å². The second-order valence-electron chi connectivity index (χ2n) is 8.34. The number of nitrogens with zero attached hydrogens (tertiary/aromatic N) is 2. The first kappa shape index (κ1) is 21.3. The Bertz CT molecular complexity index is 823. The third-order valence-corrected chi connectivity index (χ3v) is 7.11. The van der Waals surface area contributed by atoms with E-state index in [4.69, 9.17) is 0 Å². The van der Waals surface area contributed by atoms with Crippen molar-refractivity contribution in [2.45, 2.75) is 55.3 Å². The minimum atomic E-state index is -0.000295. The number of likely N-dealkylation sites (tertiary alicyclic amines) is 1. The topological polar surface area (TPSA) is 57.3 Å². The summed E-state index contributed by atoms with van der Waals surface area (Å²) in [7, 11) is 0. The Morgan fingerprint density at radius 3 is 2.53 bits per heavy atom. The molecule has 160 valence electrons. The minimum Gasteiger partial charge on any atom is -0.348 e. The molecule has 0 unspecified atom stereocenters. The SMILES string of the molecule is CSc1ncccc1C(=O)N[C@H]1CC[C@H]1NC1CCN(CCc2ccccc2)CC1. The van der Waals surface area contributed by atoms with E-state index in [1.165, 1.54) is 30.2 Å². The number of carbonyl (C=O) groups is 1. The normalized spacial score (nSPS) is 22.4. The lowest BCUT2D eigenvalue weighted by Crippen LogP contribution is -2.60. The zero-order chi connectivity index (χ0) is 20.8. The van der Waals surface area contributed by atoms with Crippen molar-refractivity contribution in [2.24, 2.45) is 0 Å². The van der Waals surface area contributed by atoms with Crippen LogP contribution in [0.3, 0.4) is 0 Å². The van der Waals surface area contributed by atoms with Crippen molar-refractivity contribution in [3.8, 4) is 0 Å².